The summed E-state index contributed by atoms with van der Waals surface area (Å²) in [6.07, 6.45) is 0.305. The number of hydrogen-bond donors (Lipinski definition) is 4. The average Bonchev–Trinajstić information content (AvgIpc) is 3.13. The van der Waals surface area contributed by atoms with Gasteiger partial charge in [-0.05, 0) is 63.9 Å². The Balaban J connectivity index is 1.95. The highest BCUT2D eigenvalue weighted by Crippen LogP contribution is 2.17. The Bertz CT molecular complexity index is 1130. The van der Waals surface area contributed by atoms with Gasteiger partial charge in [0.15, 0.2) is 0 Å². The van der Waals surface area contributed by atoms with E-state index in [-0.39, 0.29) is 36.8 Å². The van der Waals surface area contributed by atoms with Crippen LogP contribution in [0.5, 0.6) is 5.75 Å². The third kappa shape index (κ3) is 7.64. The van der Waals surface area contributed by atoms with Crippen molar-refractivity contribution in [1.82, 2.24) is 15.5 Å². The zero-order valence-corrected chi connectivity index (χ0v) is 19.4. The number of carbonyl (C=O) groups is 2. The summed E-state index contributed by atoms with van der Waals surface area (Å²) in [6, 6.07) is 5.99. The van der Waals surface area contributed by atoms with Crippen molar-refractivity contribution in [2.75, 3.05) is 13.2 Å². The van der Waals surface area contributed by atoms with Gasteiger partial charge in [-0.25, -0.2) is 13.9 Å². The molecule has 0 saturated carbocycles. The van der Waals surface area contributed by atoms with Crippen molar-refractivity contribution in [3.05, 3.63) is 47.4 Å². The minimum absolute atomic E-state index is 0.0339. The van der Waals surface area contributed by atoms with Crippen LogP contribution in [0.3, 0.4) is 0 Å². The van der Waals surface area contributed by atoms with Crippen LogP contribution in [0.4, 0.5) is 0 Å². The molecular weight excluding hydrogens is 450 g/mol. The van der Waals surface area contributed by atoms with Gasteiger partial charge >= 0.3 is 0 Å². The molecule has 10 nitrogen and oxygen atoms in total. The molecule has 178 valence electrons. The Labute approximate surface area is 192 Å². The number of ether oxygens (including phenoxy) is 1. The van der Waals surface area contributed by atoms with E-state index in [1.54, 1.807) is 26.8 Å². The van der Waals surface area contributed by atoms with Crippen LogP contribution < -0.4 is 20.3 Å². The number of amides is 2. The molecule has 0 unspecified atom stereocenters. The van der Waals surface area contributed by atoms with Crippen molar-refractivity contribution < 1.29 is 32.4 Å². The van der Waals surface area contributed by atoms with Crippen molar-refractivity contribution in [2.45, 2.75) is 44.6 Å². The second-order valence-corrected chi connectivity index (χ2v) is 8.78. The molecule has 1 aromatic heterocycles. The summed E-state index contributed by atoms with van der Waals surface area (Å²) in [5.41, 5.74) is 1.87. The van der Waals surface area contributed by atoms with E-state index in [9.17, 15) is 18.0 Å². The first-order valence-corrected chi connectivity index (χ1v) is 11.6. The molecular formula is C22H27N3O7S. The first-order valence-electron chi connectivity index (χ1n) is 10.1. The van der Waals surface area contributed by atoms with Gasteiger partial charge in [0.25, 0.3) is 11.8 Å². The molecule has 1 aromatic carbocycles. The number of furan rings is 1. The molecule has 0 fully saturated rings. The van der Waals surface area contributed by atoms with Crippen LogP contribution in [-0.2, 0) is 14.8 Å². The van der Waals surface area contributed by atoms with Crippen molar-refractivity contribution in [3.63, 3.8) is 0 Å². The Morgan fingerprint density at radius 3 is 2.48 bits per heavy atom. The number of benzene rings is 1. The van der Waals surface area contributed by atoms with Crippen LogP contribution >= 0.6 is 0 Å². The standard InChI is InChI=1S/C22H27N3O7S/c1-4-5-13-31-17-8-10-18(11-9-17)33(29,30)25-20(22(27)24-28)7-6-12-23-21(26)19-14-15(2)32-16(19)3/h8-11,14,20,25,28H,6-7,12-13H2,1-3H3,(H,23,26)(H,24,27)/t20-/m1/s1. The van der Waals surface area contributed by atoms with Gasteiger partial charge in [-0.3, -0.25) is 14.8 Å². The molecule has 1 heterocycles. The summed E-state index contributed by atoms with van der Waals surface area (Å²) >= 11 is 0. The van der Waals surface area contributed by atoms with Crippen molar-refractivity contribution in [2.24, 2.45) is 0 Å². The van der Waals surface area contributed by atoms with Crippen molar-refractivity contribution in [1.29, 1.82) is 0 Å². The van der Waals surface area contributed by atoms with Gasteiger partial charge in [0.05, 0.1) is 10.5 Å². The molecule has 1 atom stereocenters. The fraction of sp³-hybridized carbons (Fsp3) is 0.364. The topological polar surface area (TPSA) is 147 Å². The normalized spacial score (nSPS) is 11.8. The molecule has 0 radical (unpaired) electrons. The lowest BCUT2D eigenvalue weighted by Crippen LogP contribution is -2.46. The summed E-state index contributed by atoms with van der Waals surface area (Å²) < 4.78 is 38.3. The van der Waals surface area contributed by atoms with Crippen LogP contribution in [0.1, 0.15) is 41.6 Å². The van der Waals surface area contributed by atoms with Gasteiger partial charge in [0.2, 0.25) is 10.0 Å². The third-order valence-electron chi connectivity index (χ3n) is 4.59. The lowest BCUT2D eigenvalue weighted by atomic mass is 10.1. The smallest absolute Gasteiger partial charge is 0.261 e. The molecule has 11 heteroatoms. The fourth-order valence-electron chi connectivity index (χ4n) is 2.94. The van der Waals surface area contributed by atoms with E-state index in [4.69, 9.17) is 14.4 Å². The van der Waals surface area contributed by atoms with Crippen molar-refractivity contribution in [3.8, 4) is 17.6 Å². The monoisotopic (exact) mass is 477 g/mol. The first kappa shape index (κ1) is 25.9. The number of hydroxylamine groups is 1. The predicted molar refractivity (Wildman–Crippen MR) is 119 cm³/mol. The summed E-state index contributed by atoms with van der Waals surface area (Å²) in [4.78, 5) is 24.1. The summed E-state index contributed by atoms with van der Waals surface area (Å²) in [5, 5.41) is 11.7. The largest absolute Gasteiger partial charge is 0.481 e. The van der Waals surface area contributed by atoms with Crippen molar-refractivity contribution >= 4 is 21.8 Å². The van der Waals surface area contributed by atoms with Crippen LogP contribution in [0.15, 0.2) is 39.6 Å². The average molecular weight is 478 g/mol. The number of sulfonamides is 1. The Kier molecular flexibility index (Phi) is 9.47. The Morgan fingerprint density at radius 2 is 1.91 bits per heavy atom. The lowest BCUT2D eigenvalue weighted by molar-refractivity contribution is -0.131. The number of aryl methyl sites for hydroxylation is 2. The first-order chi connectivity index (χ1) is 15.7. The molecule has 0 bridgehead atoms. The summed E-state index contributed by atoms with van der Waals surface area (Å²) in [5.74, 6) is 5.71. The number of carbonyl (C=O) groups excluding carboxylic acids is 2. The predicted octanol–water partition coefficient (Wildman–Crippen LogP) is 1.66. The van der Waals surface area contributed by atoms with E-state index < -0.39 is 22.0 Å². The Hall–Kier alpha value is -3.33. The molecule has 33 heavy (non-hydrogen) atoms. The molecule has 2 amide bonds. The zero-order valence-electron chi connectivity index (χ0n) is 18.6. The van der Waals surface area contributed by atoms with E-state index in [0.29, 0.717) is 22.8 Å². The maximum absolute atomic E-state index is 12.7. The second-order valence-electron chi connectivity index (χ2n) is 7.06. The maximum Gasteiger partial charge on any atom is 0.261 e. The molecule has 0 spiro atoms. The van der Waals surface area contributed by atoms with Gasteiger partial charge in [-0.15, -0.1) is 5.92 Å². The molecule has 0 aliphatic carbocycles. The summed E-state index contributed by atoms with van der Waals surface area (Å²) in [6.45, 7) is 5.45. The van der Waals surface area contributed by atoms with Crippen LogP contribution in [0, 0.1) is 25.7 Å². The highest BCUT2D eigenvalue weighted by molar-refractivity contribution is 7.89. The molecule has 2 aromatic rings. The molecule has 0 aliphatic rings. The quantitative estimate of drug-likeness (QED) is 0.167. The van der Waals surface area contributed by atoms with E-state index in [1.165, 1.54) is 29.7 Å². The zero-order chi connectivity index (χ0) is 24.4. The second kappa shape index (κ2) is 12.1. The van der Waals surface area contributed by atoms with Gasteiger partial charge in [0, 0.05) is 6.54 Å². The van der Waals surface area contributed by atoms with Gasteiger partial charge in [-0.2, -0.15) is 4.72 Å². The molecule has 0 saturated heterocycles. The summed E-state index contributed by atoms with van der Waals surface area (Å²) in [7, 11) is -4.06. The van der Waals surface area contributed by atoms with Crippen LogP contribution in [-0.4, -0.2) is 44.6 Å². The number of rotatable bonds is 11. The minimum atomic E-state index is -4.06. The van der Waals surface area contributed by atoms with Gasteiger partial charge < -0.3 is 14.5 Å². The van der Waals surface area contributed by atoms with E-state index >= 15 is 0 Å². The highest BCUT2D eigenvalue weighted by atomic mass is 32.2. The lowest BCUT2D eigenvalue weighted by Gasteiger charge is -2.17. The minimum Gasteiger partial charge on any atom is -0.481 e. The van der Waals surface area contributed by atoms with Crippen LogP contribution in [0.25, 0.3) is 0 Å². The number of nitrogens with one attached hydrogen (secondary N) is 3. The Morgan fingerprint density at radius 1 is 1.21 bits per heavy atom. The highest BCUT2D eigenvalue weighted by Gasteiger charge is 2.25. The van der Waals surface area contributed by atoms with Gasteiger partial charge in [-0.1, -0.05) is 5.92 Å². The van der Waals surface area contributed by atoms with Gasteiger partial charge in [0.1, 0.15) is 29.9 Å². The van der Waals surface area contributed by atoms with Crippen LogP contribution in [0.2, 0.25) is 0 Å². The SMILES string of the molecule is CC#CCOc1ccc(S(=O)(=O)N[C@H](CCCNC(=O)c2cc(C)oc2C)C(=O)NO)cc1. The molecule has 4 N–H and O–H groups in total. The number of hydrogen-bond acceptors (Lipinski definition) is 7. The maximum atomic E-state index is 12.7. The van der Waals surface area contributed by atoms with E-state index in [0.717, 1.165) is 0 Å². The molecule has 2 rings (SSSR count). The third-order valence-corrected chi connectivity index (χ3v) is 6.07. The fourth-order valence-corrected chi connectivity index (χ4v) is 4.17. The van der Waals surface area contributed by atoms with E-state index in [2.05, 4.69) is 21.9 Å². The van der Waals surface area contributed by atoms with E-state index in [1.807, 2.05) is 0 Å². The molecule has 0 aliphatic heterocycles.